The van der Waals surface area contributed by atoms with E-state index in [1.54, 1.807) is 14.2 Å². The monoisotopic (exact) mass is 475 g/mol. The van der Waals surface area contributed by atoms with Crippen molar-refractivity contribution >= 4 is 30.8 Å². The van der Waals surface area contributed by atoms with Gasteiger partial charge in [0.1, 0.15) is 6.10 Å². The van der Waals surface area contributed by atoms with Crippen molar-refractivity contribution in [1.82, 2.24) is 4.90 Å². The van der Waals surface area contributed by atoms with E-state index in [9.17, 15) is 4.79 Å². The molecule has 5 nitrogen and oxygen atoms in total. The van der Waals surface area contributed by atoms with Gasteiger partial charge in [0, 0.05) is 31.5 Å². The lowest BCUT2D eigenvalue weighted by Gasteiger charge is -2.47. The first-order valence-electron chi connectivity index (χ1n) is 11.1. The fourth-order valence-corrected chi connectivity index (χ4v) is 4.81. The highest BCUT2D eigenvalue weighted by molar-refractivity contribution is 5.85. The van der Waals surface area contributed by atoms with Crippen LogP contribution in [0.4, 0.5) is 0 Å². The van der Waals surface area contributed by atoms with Crippen molar-refractivity contribution in [3.63, 3.8) is 0 Å². The van der Waals surface area contributed by atoms with E-state index in [4.69, 9.17) is 14.2 Å². The van der Waals surface area contributed by atoms with Crippen LogP contribution < -0.4 is 9.47 Å². The number of ether oxygens (including phenoxy) is 3. The molecule has 0 radical (unpaired) electrons. The van der Waals surface area contributed by atoms with Crippen molar-refractivity contribution in [1.29, 1.82) is 0 Å². The van der Waals surface area contributed by atoms with Gasteiger partial charge < -0.3 is 14.2 Å². The van der Waals surface area contributed by atoms with Crippen LogP contribution in [0.5, 0.6) is 11.5 Å². The molecule has 1 aromatic carbocycles. The Hall–Kier alpha value is -1.17. The summed E-state index contributed by atoms with van der Waals surface area (Å²) < 4.78 is 17.2. The molecule has 1 fully saturated rings. The Bertz CT molecular complexity index is 728. The third-order valence-electron chi connectivity index (χ3n) is 6.62. The Balaban J connectivity index is 0.00000240. The van der Waals surface area contributed by atoms with E-state index in [0.29, 0.717) is 11.8 Å². The van der Waals surface area contributed by atoms with Crippen LogP contribution in [0.25, 0.3) is 0 Å². The average Bonchev–Trinajstić information content (AvgIpc) is 2.71. The summed E-state index contributed by atoms with van der Waals surface area (Å²) in [5, 5.41) is 0. The van der Waals surface area contributed by atoms with Crippen molar-refractivity contribution in [2.45, 2.75) is 65.5 Å². The minimum Gasteiger partial charge on any atom is -0.493 e. The second kappa shape index (κ2) is 12.2. The van der Waals surface area contributed by atoms with Gasteiger partial charge in [-0.1, -0.05) is 27.7 Å². The number of piperidine rings is 1. The lowest BCUT2D eigenvalue weighted by atomic mass is 9.79. The van der Waals surface area contributed by atoms with E-state index in [1.807, 2.05) is 13.8 Å². The molecule has 1 unspecified atom stereocenters. The predicted octanol–water partition coefficient (Wildman–Crippen LogP) is 5.47. The molecule has 7 heteroatoms. The molecule has 0 bridgehead atoms. The first-order chi connectivity index (χ1) is 13.9. The third kappa shape index (κ3) is 6.21. The van der Waals surface area contributed by atoms with Gasteiger partial charge in [-0.3, -0.25) is 9.69 Å². The smallest absolute Gasteiger partial charge is 0.308 e. The van der Waals surface area contributed by atoms with Crippen LogP contribution in [-0.2, 0) is 16.0 Å². The summed E-state index contributed by atoms with van der Waals surface area (Å²) in [6.07, 6.45) is 3.73. The molecule has 178 valence electrons. The number of halogens is 2. The van der Waals surface area contributed by atoms with Crippen LogP contribution in [-0.4, -0.2) is 44.3 Å². The zero-order valence-electron chi connectivity index (χ0n) is 19.7. The molecule has 3 rings (SSSR count). The zero-order chi connectivity index (χ0) is 21.1. The first-order valence-corrected chi connectivity index (χ1v) is 11.1. The summed E-state index contributed by atoms with van der Waals surface area (Å²) in [7, 11) is 3.36. The van der Waals surface area contributed by atoms with Crippen LogP contribution in [0.3, 0.4) is 0 Å². The molecule has 0 amide bonds. The maximum Gasteiger partial charge on any atom is 0.308 e. The summed E-state index contributed by atoms with van der Waals surface area (Å²) in [6, 6.07) is 4.50. The van der Waals surface area contributed by atoms with Gasteiger partial charge in [-0.05, 0) is 48.4 Å². The van der Waals surface area contributed by atoms with Crippen molar-refractivity contribution in [3.8, 4) is 11.5 Å². The highest BCUT2D eigenvalue weighted by atomic mass is 35.5. The molecular formula is C24H39Cl2NO4. The van der Waals surface area contributed by atoms with E-state index in [0.717, 1.165) is 50.3 Å². The SMILES string of the molecule is CCC(C)C(=O)O[C@@H]1C[C@@H]2c3cc(OC)c(OC)cc3CCN2C[C@H]1CC(C)C.Cl.Cl. The molecule has 4 atom stereocenters. The number of benzene rings is 1. The fourth-order valence-electron chi connectivity index (χ4n) is 4.81. The van der Waals surface area contributed by atoms with E-state index in [2.05, 4.69) is 30.9 Å². The minimum absolute atomic E-state index is 0. The van der Waals surface area contributed by atoms with Gasteiger partial charge in [0.15, 0.2) is 11.5 Å². The molecule has 0 saturated carbocycles. The fraction of sp³-hybridized carbons (Fsp3) is 0.708. The van der Waals surface area contributed by atoms with Crippen LogP contribution in [0.1, 0.15) is 64.1 Å². The highest BCUT2D eigenvalue weighted by Crippen LogP contribution is 2.44. The number of nitrogens with zero attached hydrogens (tertiary/aromatic N) is 1. The second-order valence-corrected chi connectivity index (χ2v) is 9.08. The van der Waals surface area contributed by atoms with Crippen molar-refractivity contribution in [3.05, 3.63) is 23.3 Å². The van der Waals surface area contributed by atoms with Crippen molar-refractivity contribution in [2.75, 3.05) is 27.3 Å². The Morgan fingerprint density at radius 1 is 1.13 bits per heavy atom. The largest absolute Gasteiger partial charge is 0.493 e. The Morgan fingerprint density at radius 3 is 2.35 bits per heavy atom. The molecule has 2 aliphatic heterocycles. The number of hydrogen-bond acceptors (Lipinski definition) is 5. The quantitative estimate of drug-likeness (QED) is 0.489. The topological polar surface area (TPSA) is 48.0 Å². The zero-order valence-corrected chi connectivity index (χ0v) is 21.3. The molecule has 1 aromatic rings. The lowest BCUT2D eigenvalue weighted by Crippen LogP contribution is -2.49. The third-order valence-corrected chi connectivity index (χ3v) is 6.62. The van der Waals surface area contributed by atoms with Crippen molar-refractivity contribution < 1.29 is 19.0 Å². The highest BCUT2D eigenvalue weighted by Gasteiger charge is 2.41. The number of carbonyl (C=O) groups excluding carboxylic acids is 1. The Labute approximate surface area is 200 Å². The molecule has 2 aliphatic rings. The first kappa shape index (κ1) is 27.9. The molecule has 0 spiro atoms. The number of hydrogen-bond donors (Lipinski definition) is 0. The summed E-state index contributed by atoms with van der Waals surface area (Å²) in [6.45, 7) is 10.5. The molecule has 2 heterocycles. The summed E-state index contributed by atoms with van der Waals surface area (Å²) in [5.41, 5.74) is 2.61. The minimum atomic E-state index is -0.0527. The van der Waals surface area contributed by atoms with Crippen molar-refractivity contribution in [2.24, 2.45) is 17.8 Å². The van der Waals surface area contributed by atoms with Gasteiger partial charge in [-0.2, -0.15) is 0 Å². The van der Waals surface area contributed by atoms with Gasteiger partial charge in [0.25, 0.3) is 0 Å². The summed E-state index contributed by atoms with van der Waals surface area (Å²) in [5.74, 6) is 2.43. The molecule has 0 aromatic heterocycles. The summed E-state index contributed by atoms with van der Waals surface area (Å²) >= 11 is 0. The molecule has 1 saturated heterocycles. The van der Waals surface area contributed by atoms with Crippen LogP contribution in [0, 0.1) is 17.8 Å². The second-order valence-electron chi connectivity index (χ2n) is 9.08. The van der Waals surface area contributed by atoms with E-state index in [1.165, 1.54) is 11.1 Å². The van der Waals surface area contributed by atoms with E-state index >= 15 is 0 Å². The van der Waals surface area contributed by atoms with Gasteiger partial charge >= 0.3 is 5.97 Å². The van der Waals surface area contributed by atoms with E-state index < -0.39 is 0 Å². The number of rotatable bonds is 7. The maximum atomic E-state index is 12.6. The van der Waals surface area contributed by atoms with Gasteiger partial charge in [-0.25, -0.2) is 0 Å². The van der Waals surface area contributed by atoms with Crippen LogP contribution >= 0.6 is 24.8 Å². The number of methoxy groups -OCH3 is 2. The molecule has 0 aliphatic carbocycles. The number of esters is 1. The standard InChI is InChI=1S/C24H37NO4.2ClH/c1-7-16(4)24(26)29-21-13-20-19-12-23(28-6)22(27-5)11-17(19)8-9-25(20)14-18(21)10-15(2)3;;/h11-12,15-16,18,20-21H,7-10,13-14H2,1-6H3;2*1H/t16?,18-,20-,21-;;/m1../s1. The predicted molar refractivity (Wildman–Crippen MR) is 129 cm³/mol. The Kier molecular flexibility index (Phi) is 10.9. The van der Waals surface area contributed by atoms with Gasteiger partial charge in [0.2, 0.25) is 0 Å². The van der Waals surface area contributed by atoms with Gasteiger partial charge in [-0.15, -0.1) is 24.8 Å². The Morgan fingerprint density at radius 2 is 1.77 bits per heavy atom. The van der Waals surface area contributed by atoms with Gasteiger partial charge in [0.05, 0.1) is 20.1 Å². The lowest BCUT2D eigenvalue weighted by molar-refractivity contribution is -0.162. The molecular weight excluding hydrogens is 437 g/mol. The van der Waals surface area contributed by atoms with E-state index in [-0.39, 0.29) is 48.8 Å². The average molecular weight is 476 g/mol. The molecule has 0 N–H and O–H groups in total. The number of fused-ring (bicyclic) bond motifs is 3. The maximum absolute atomic E-state index is 12.6. The number of carbonyl (C=O) groups is 1. The normalized spacial score (nSPS) is 23.5. The summed E-state index contributed by atoms with van der Waals surface area (Å²) in [4.78, 5) is 15.2. The van der Waals surface area contributed by atoms with Crippen LogP contribution in [0.2, 0.25) is 0 Å². The molecule has 31 heavy (non-hydrogen) atoms. The van der Waals surface area contributed by atoms with Crippen LogP contribution in [0.15, 0.2) is 12.1 Å².